The van der Waals surface area contributed by atoms with E-state index in [0.29, 0.717) is 33.8 Å². The molecule has 140 valence electrons. The molecule has 0 spiro atoms. The Morgan fingerprint density at radius 1 is 1.14 bits per heavy atom. The molecule has 1 aromatic carbocycles. The molecule has 4 rings (SSSR count). The normalized spacial score (nSPS) is 10.8. The number of nitrogens with two attached hydrogens (primary N) is 1. The van der Waals surface area contributed by atoms with Crippen molar-refractivity contribution in [2.24, 2.45) is 0 Å². The number of nitrogens with one attached hydrogen (secondary N) is 2. The summed E-state index contributed by atoms with van der Waals surface area (Å²) in [5.74, 6) is 0.925. The van der Waals surface area contributed by atoms with Crippen molar-refractivity contribution >= 4 is 46.2 Å². The third kappa shape index (κ3) is 3.84. The average Bonchev–Trinajstić information content (AvgIpc) is 3.06. The summed E-state index contributed by atoms with van der Waals surface area (Å²) < 4.78 is 1.51. The van der Waals surface area contributed by atoms with Gasteiger partial charge in [0, 0.05) is 16.9 Å². The maximum absolute atomic E-state index is 12.3. The van der Waals surface area contributed by atoms with Crippen LogP contribution < -0.4 is 16.4 Å². The molecule has 0 aliphatic rings. The number of pyridine rings is 1. The fraction of sp³-hybridized carbons (Fsp3) is 0.0556. The number of anilines is 4. The molecule has 10 heteroatoms. The maximum atomic E-state index is 12.3. The third-order valence-corrected chi connectivity index (χ3v) is 4.07. The standard InChI is InChI=1S/C18H15ClN8O/c19-11-3-1-4-12(9-11)22-14-6-7-15-24-25-16(27(15)26-14)10-17(28)23-18-13(20)5-2-8-21-18/h1-9H,10,20H2,(H,22,26)(H,21,23,28). The molecule has 0 aliphatic carbocycles. The number of rotatable bonds is 5. The fourth-order valence-corrected chi connectivity index (χ4v) is 2.76. The number of carbonyl (C=O) groups is 1. The van der Waals surface area contributed by atoms with E-state index in [1.54, 1.807) is 42.6 Å². The van der Waals surface area contributed by atoms with Gasteiger partial charge in [0.15, 0.2) is 23.1 Å². The SMILES string of the molecule is Nc1cccnc1NC(=O)Cc1nnc2ccc(Nc3cccc(Cl)c3)nn12. The van der Waals surface area contributed by atoms with Crippen LogP contribution in [0.4, 0.5) is 23.0 Å². The van der Waals surface area contributed by atoms with Gasteiger partial charge in [-0.25, -0.2) is 4.98 Å². The van der Waals surface area contributed by atoms with Crippen molar-refractivity contribution in [1.29, 1.82) is 0 Å². The number of nitrogen functional groups attached to an aromatic ring is 1. The number of carbonyl (C=O) groups excluding carboxylic acids is 1. The molecular weight excluding hydrogens is 380 g/mol. The summed E-state index contributed by atoms with van der Waals surface area (Å²) in [5, 5.41) is 19.0. The van der Waals surface area contributed by atoms with Gasteiger partial charge in [0.25, 0.3) is 0 Å². The zero-order chi connectivity index (χ0) is 19.5. The Balaban J connectivity index is 1.54. The molecule has 4 N–H and O–H groups in total. The van der Waals surface area contributed by atoms with Crippen LogP contribution in [-0.2, 0) is 11.2 Å². The molecule has 0 atom stereocenters. The van der Waals surface area contributed by atoms with Gasteiger partial charge in [-0.2, -0.15) is 4.52 Å². The van der Waals surface area contributed by atoms with Crippen molar-refractivity contribution in [2.45, 2.75) is 6.42 Å². The van der Waals surface area contributed by atoms with Gasteiger partial charge in [-0.05, 0) is 42.5 Å². The van der Waals surface area contributed by atoms with Crippen molar-refractivity contribution < 1.29 is 4.79 Å². The summed E-state index contributed by atoms with van der Waals surface area (Å²) in [4.78, 5) is 16.4. The van der Waals surface area contributed by atoms with Gasteiger partial charge in [0.2, 0.25) is 5.91 Å². The molecule has 0 saturated carbocycles. The molecule has 0 radical (unpaired) electrons. The Labute approximate surface area is 164 Å². The number of fused-ring (bicyclic) bond motifs is 1. The van der Waals surface area contributed by atoms with Crippen molar-refractivity contribution in [1.82, 2.24) is 24.8 Å². The van der Waals surface area contributed by atoms with Crippen molar-refractivity contribution in [3.63, 3.8) is 0 Å². The van der Waals surface area contributed by atoms with Gasteiger partial charge >= 0.3 is 0 Å². The molecule has 0 saturated heterocycles. The number of amides is 1. The summed E-state index contributed by atoms with van der Waals surface area (Å²) in [6, 6.07) is 14.1. The summed E-state index contributed by atoms with van der Waals surface area (Å²) in [5.41, 5.74) is 7.49. The van der Waals surface area contributed by atoms with Crippen LogP contribution in [0, 0.1) is 0 Å². The van der Waals surface area contributed by atoms with Crippen LogP contribution in [0.25, 0.3) is 5.65 Å². The lowest BCUT2D eigenvalue weighted by Crippen LogP contribution is -2.18. The van der Waals surface area contributed by atoms with Crippen LogP contribution in [0.1, 0.15) is 5.82 Å². The third-order valence-electron chi connectivity index (χ3n) is 3.84. The van der Waals surface area contributed by atoms with Crippen LogP contribution in [0.15, 0.2) is 54.7 Å². The van der Waals surface area contributed by atoms with Crippen LogP contribution in [0.5, 0.6) is 0 Å². The van der Waals surface area contributed by atoms with Crippen molar-refractivity contribution in [3.05, 3.63) is 65.6 Å². The minimum absolute atomic E-state index is 0.0369. The first-order chi connectivity index (χ1) is 13.6. The molecular formula is C18H15ClN8O. The first kappa shape index (κ1) is 17.7. The van der Waals surface area contributed by atoms with E-state index >= 15 is 0 Å². The second kappa shape index (κ2) is 7.49. The first-order valence-corrected chi connectivity index (χ1v) is 8.70. The highest BCUT2D eigenvalue weighted by molar-refractivity contribution is 6.30. The van der Waals surface area contributed by atoms with E-state index in [1.165, 1.54) is 4.52 Å². The molecule has 9 nitrogen and oxygen atoms in total. The summed E-state index contributed by atoms with van der Waals surface area (Å²) in [6.07, 6.45) is 1.51. The molecule has 3 aromatic heterocycles. The Kier molecular flexibility index (Phi) is 4.73. The highest BCUT2D eigenvalue weighted by atomic mass is 35.5. The highest BCUT2D eigenvalue weighted by Crippen LogP contribution is 2.19. The van der Waals surface area contributed by atoms with Crippen LogP contribution >= 0.6 is 11.6 Å². The smallest absolute Gasteiger partial charge is 0.233 e. The molecule has 1 amide bonds. The topological polar surface area (TPSA) is 123 Å². The van der Waals surface area contributed by atoms with Gasteiger partial charge in [-0.3, -0.25) is 4.79 Å². The molecule has 3 heterocycles. The molecule has 0 bridgehead atoms. The van der Waals surface area contributed by atoms with Crippen LogP contribution in [0.3, 0.4) is 0 Å². The van der Waals surface area contributed by atoms with Gasteiger partial charge < -0.3 is 16.4 Å². The number of aromatic nitrogens is 5. The Morgan fingerprint density at radius 3 is 2.86 bits per heavy atom. The Morgan fingerprint density at radius 2 is 2.04 bits per heavy atom. The number of hydrogen-bond donors (Lipinski definition) is 3. The molecule has 0 fully saturated rings. The van der Waals surface area contributed by atoms with Gasteiger partial charge in [-0.1, -0.05) is 17.7 Å². The second-order valence-corrected chi connectivity index (χ2v) is 6.34. The van der Waals surface area contributed by atoms with Gasteiger partial charge in [-0.15, -0.1) is 15.3 Å². The Bertz CT molecular complexity index is 1160. The average molecular weight is 395 g/mol. The maximum Gasteiger partial charge on any atom is 0.233 e. The predicted octanol–water partition coefficient (Wildman–Crippen LogP) is 2.68. The molecule has 4 aromatic rings. The van der Waals surface area contributed by atoms with E-state index in [9.17, 15) is 4.79 Å². The van der Waals surface area contributed by atoms with Gasteiger partial charge in [0.1, 0.15) is 0 Å². The summed E-state index contributed by atoms with van der Waals surface area (Å²) in [7, 11) is 0. The van der Waals surface area contributed by atoms with E-state index in [2.05, 4.69) is 30.9 Å². The zero-order valence-corrected chi connectivity index (χ0v) is 15.3. The number of benzene rings is 1. The Hall–Kier alpha value is -3.72. The van der Waals surface area contributed by atoms with E-state index in [0.717, 1.165) is 5.69 Å². The van der Waals surface area contributed by atoms with E-state index in [1.807, 2.05) is 12.1 Å². The summed E-state index contributed by atoms with van der Waals surface area (Å²) >= 11 is 6.00. The lowest BCUT2D eigenvalue weighted by atomic mass is 10.3. The van der Waals surface area contributed by atoms with Crippen LogP contribution in [0.2, 0.25) is 5.02 Å². The van der Waals surface area contributed by atoms with E-state index < -0.39 is 0 Å². The minimum atomic E-state index is -0.324. The lowest BCUT2D eigenvalue weighted by Gasteiger charge is -2.07. The van der Waals surface area contributed by atoms with Crippen molar-refractivity contribution in [3.8, 4) is 0 Å². The quantitative estimate of drug-likeness (QED) is 0.475. The second-order valence-electron chi connectivity index (χ2n) is 5.91. The number of halogens is 1. The number of nitrogens with zero attached hydrogens (tertiary/aromatic N) is 5. The molecule has 0 unspecified atom stereocenters. The first-order valence-electron chi connectivity index (χ1n) is 8.33. The highest BCUT2D eigenvalue weighted by Gasteiger charge is 2.14. The van der Waals surface area contributed by atoms with Crippen LogP contribution in [-0.4, -0.2) is 30.7 Å². The van der Waals surface area contributed by atoms with E-state index in [4.69, 9.17) is 17.3 Å². The van der Waals surface area contributed by atoms with Gasteiger partial charge in [0.05, 0.1) is 12.1 Å². The molecule has 28 heavy (non-hydrogen) atoms. The monoisotopic (exact) mass is 394 g/mol. The fourth-order valence-electron chi connectivity index (χ4n) is 2.57. The molecule has 0 aliphatic heterocycles. The minimum Gasteiger partial charge on any atom is -0.396 e. The van der Waals surface area contributed by atoms with Crippen molar-refractivity contribution in [2.75, 3.05) is 16.4 Å². The zero-order valence-electron chi connectivity index (χ0n) is 14.5. The lowest BCUT2D eigenvalue weighted by molar-refractivity contribution is -0.115. The number of hydrogen-bond acceptors (Lipinski definition) is 7. The van der Waals surface area contributed by atoms with E-state index in [-0.39, 0.29) is 12.3 Å². The predicted molar refractivity (Wildman–Crippen MR) is 106 cm³/mol. The largest absolute Gasteiger partial charge is 0.396 e. The summed E-state index contributed by atoms with van der Waals surface area (Å²) in [6.45, 7) is 0.